The van der Waals surface area contributed by atoms with Crippen molar-refractivity contribution in [3.05, 3.63) is 53.9 Å². The van der Waals surface area contributed by atoms with Crippen molar-refractivity contribution >= 4 is 11.7 Å². The number of aromatic nitrogens is 1. The van der Waals surface area contributed by atoms with Gasteiger partial charge in [0.05, 0.1) is 6.61 Å². The molecule has 1 aromatic heterocycles. The quantitative estimate of drug-likeness (QED) is 0.905. The maximum absolute atomic E-state index is 11.8. The summed E-state index contributed by atoms with van der Waals surface area (Å²) in [5, 5.41) is 5.66. The van der Waals surface area contributed by atoms with E-state index < -0.39 is 0 Å². The molecule has 0 aliphatic carbocycles. The summed E-state index contributed by atoms with van der Waals surface area (Å²) in [5.41, 5.74) is 2.89. The maximum Gasteiger partial charge on any atom is 0.319 e. The zero-order chi connectivity index (χ0) is 14.5. The molecule has 5 heteroatoms. The van der Waals surface area contributed by atoms with E-state index in [1.54, 1.807) is 6.20 Å². The summed E-state index contributed by atoms with van der Waals surface area (Å²) >= 11 is 0. The molecular weight excluding hydrogens is 266 g/mol. The molecular formula is C16H17N3O2. The van der Waals surface area contributed by atoms with E-state index in [1.165, 1.54) is 0 Å². The van der Waals surface area contributed by atoms with E-state index >= 15 is 0 Å². The number of anilines is 1. The molecule has 1 aromatic carbocycles. The number of carbonyl (C=O) groups excluding carboxylic acids is 1. The maximum atomic E-state index is 11.8. The molecule has 2 N–H and O–H groups in total. The van der Waals surface area contributed by atoms with Crippen LogP contribution in [0.5, 0.6) is 5.75 Å². The van der Waals surface area contributed by atoms with Gasteiger partial charge in [-0.3, -0.25) is 4.98 Å². The van der Waals surface area contributed by atoms with E-state index in [1.807, 2.05) is 36.4 Å². The number of amides is 2. The SMILES string of the molecule is O=C(NCCc1ccccn1)Nc1ccc2c(c1)CCO2. The van der Waals surface area contributed by atoms with Gasteiger partial charge in [0.15, 0.2) is 0 Å². The fourth-order valence-electron chi connectivity index (χ4n) is 2.29. The highest BCUT2D eigenvalue weighted by molar-refractivity contribution is 5.89. The Kier molecular flexibility index (Phi) is 4.00. The highest BCUT2D eigenvalue weighted by Crippen LogP contribution is 2.27. The minimum atomic E-state index is -0.204. The Hall–Kier alpha value is -2.56. The second-order valence-electron chi connectivity index (χ2n) is 4.87. The number of rotatable bonds is 4. The Morgan fingerprint density at radius 1 is 1.29 bits per heavy atom. The molecule has 21 heavy (non-hydrogen) atoms. The van der Waals surface area contributed by atoms with E-state index in [-0.39, 0.29) is 6.03 Å². The first-order chi connectivity index (χ1) is 10.3. The molecule has 2 heterocycles. The highest BCUT2D eigenvalue weighted by atomic mass is 16.5. The zero-order valence-electron chi connectivity index (χ0n) is 11.6. The third-order valence-corrected chi connectivity index (χ3v) is 3.34. The van der Waals surface area contributed by atoms with E-state index in [4.69, 9.17) is 4.74 Å². The first-order valence-electron chi connectivity index (χ1n) is 7.02. The van der Waals surface area contributed by atoms with E-state index in [0.29, 0.717) is 13.0 Å². The molecule has 108 valence electrons. The summed E-state index contributed by atoms with van der Waals surface area (Å²) in [7, 11) is 0. The van der Waals surface area contributed by atoms with Gasteiger partial charge in [0, 0.05) is 37.0 Å². The Morgan fingerprint density at radius 3 is 3.10 bits per heavy atom. The lowest BCUT2D eigenvalue weighted by Gasteiger charge is -2.08. The molecule has 5 nitrogen and oxygen atoms in total. The monoisotopic (exact) mass is 283 g/mol. The molecule has 1 aliphatic rings. The van der Waals surface area contributed by atoms with Gasteiger partial charge in [0.25, 0.3) is 0 Å². The number of ether oxygens (including phenoxy) is 1. The van der Waals surface area contributed by atoms with Crippen molar-refractivity contribution in [2.45, 2.75) is 12.8 Å². The highest BCUT2D eigenvalue weighted by Gasteiger charge is 2.12. The summed E-state index contributed by atoms with van der Waals surface area (Å²) in [5.74, 6) is 0.913. The second kappa shape index (κ2) is 6.26. The van der Waals surface area contributed by atoms with Crippen LogP contribution in [-0.2, 0) is 12.8 Å². The Labute approximate surface area is 123 Å². The lowest BCUT2D eigenvalue weighted by molar-refractivity contribution is 0.252. The predicted molar refractivity (Wildman–Crippen MR) is 80.6 cm³/mol. The smallest absolute Gasteiger partial charge is 0.319 e. The number of urea groups is 1. The van der Waals surface area contributed by atoms with Crippen LogP contribution in [0.4, 0.5) is 10.5 Å². The molecule has 0 atom stereocenters. The molecule has 0 fully saturated rings. The Morgan fingerprint density at radius 2 is 2.24 bits per heavy atom. The van der Waals surface area contributed by atoms with Crippen LogP contribution in [0.15, 0.2) is 42.6 Å². The van der Waals surface area contributed by atoms with Crippen molar-refractivity contribution in [3.63, 3.8) is 0 Å². The average molecular weight is 283 g/mol. The van der Waals surface area contributed by atoms with E-state index in [0.717, 1.165) is 35.7 Å². The number of benzene rings is 1. The van der Waals surface area contributed by atoms with Crippen molar-refractivity contribution in [2.24, 2.45) is 0 Å². The number of nitrogens with one attached hydrogen (secondary N) is 2. The molecule has 0 saturated carbocycles. The lowest BCUT2D eigenvalue weighted by atomic mass is 10.1. The first kappa shape index (κ1) is 13.4. The number of hydrogen-bond donors (Lipinski definition) is 2. The molecule has 0 radical (unpaired) electrons. The fraction of sp³-hybridized carbons (Fsp3) is 0.250. The van der Waals surface area contributed by atoms with Crippen LogP contribution in [0.1, 0.15) is 11.3 Å². The fourth-order valence-corrected chi connectivity index (χ4v) is 2.29. The van der Waals surface area contributed by atoms with Crippen LogP contribution >= 0.6 is 0 Å². The average Bonchev–Trinajstić information content (AvgIpc) is 2.96. The van der Waals surface area contributed by atoms with Gasteiger partial charge in [0.1, 0.15) is 5.75 Å². The van der Waals surface area contributed by atoms with Crippen LogP contribution in [0.25, 0.3) is 0 Å². The predicted octanol–water partition coefficient (Wildman–Crippen LogP) is 2.38. The van der Waals surface area contributed by atoms with Gasteiger partial charge in [-0.25, -0.2) is 4.79 Å². The summed E-state index contributed by atoms with van der Waals surface area (Å²) in [6.07, 6.45) is 3.36. The lowest BCUT2D eigenvalue weighted by Crippen LogP contribution is -2.30. The van der Waals surface area contributed by atoms with Crippen LogP contribution in [-0.4, -0.2) is 24.2 Å². The summed E-state index contributed by atoms with van der Waals surface area (Å²) in [6.45, 7) is 1.27. The minimum Gasteiger partial charge on any atom is -0.493 e. The third kappa shape index (κ3) is 3.51. The first-order valence-corrected chi connectivity index (χ1v) is 7.02. The zero-order valence-corrected chi connectivity index (χ0v) is 11.6. The van der Waals surface area contributed by atoms with Crippen LogP contribution < -0.4 is 15.4 Å². The standard InChI is InChI=1S/C16H17N3O2/c20-16(18-9-6-13-3-1-2-8-17-13)19-14-4-5-15-12(11-14)7-10-21-15/h1-5,8,11H,6-7,9-10H2,(H2,18,19,20). The largest absolute Gasteiger partial charge is 0.493 e. The van der Waals surface area contributed by atoms with Crippen molar-refractivity contribution in [3.8, 4) is 5.75 Å². The van der Waals surface area contributed by atoms with Gasteiger partial charge >= 0.3 is 6.03 Å². The van der Waals surface area contributed by atoms with Gasteiger partial charge in [0.2, 0.25) is 0 Å². The third-order valence-electron chi connectivity index (χ3n) is 3.34. The second-order valence-corrected chi connectivity index (χ2v) is 4.87. The van der Waals surface area contributed by atoms with Crippen molar-refractivity contribution < 1.29 is 9.53 Å². The Balaban J connectivity index is 1.48. The molecule has 0 spiro atoms. The van der Waals surface area contributed by atoms with E-state index in [9.17, 15) is 4.79 Å². The van der Waals surface area contributed by atoms with Crippen LogP contribution in [0, 0.1) is 0 Å². The molecule has 0 bridgehead atoms. The number of fused-ring (bicyclic) bond motifs is 1. The molecule has 3 rings (SSSR count). The Bertz CT molecular complexity index is 629. The number of pyridine rings is 1. The van der Waals surface area contributed by atoms with Gasteiger partial charge in [-0.15, -0.1) is 0 Å². The molecule has 2 amide bonds. The van der Waals surface area contributed by atoms with Crippen molar-refractivity contribution in [2.75, 3.05) is 18.5 Å². The summed E-state index contributed by atoms with van der Waals surface area (Å²) in [4.78, 5) is 16.0. The topological polar surface area (TPSA) is 63.2 Å². The number of carbonyl (C=O) groups is 1. The molecule has 1 aliphatic heterocycles. The van der Waals surface area contributed by atoms with Crippen LogP contribution in [0.2, 0.25) is 0 Å². The number of hydrogen-bond acceptors (Lipinski definition) is 3. The minimum absolute atomic E-state index is 0.204. The molecule has 0 saturated heterocycles. The molecule has 0 unspecified atom stereocenters. The van der Waals surface area contributed by atoms with Gasteiger partial charge in [-0.2, -0.15) is 0 Å². The van der Waals surface area contributed by atoms with Gasteiger partial charge in [-0.05, 0) is 35.9 Å². The normalized spacial score (nSPS) is 12.4. The summed E-state index contributed by atoms with van der Waals surface area (Å²) < 4.78 is 5.44. The van der Waals surface area contributed by atoms with Gasteiger partial charge in [-0.1, -0.05) is 6.07 Å². The summed E-state index contributed by atoms with van der Waals surface area (Å²) in [6, 6.07) is 11.3. The molecule has 2 aromatic rings. The van der Waals surface area contributed by atoms with Gasteiger partial charge < -0.3 is 15.4 Å². The van der Waals surface area contributed by atoms with Crippen LogP contribution in [0.3, 0.4) is 0 Å². The van der Waals surface area contributed by atoms with E-state index in [2.05, 4.69) is 15.6 Å². The van der Waals surface area contributed by atoms with Crippen molar-refractivity contribution in [1.29, 1.82) is 0 Å². The number of nitrogens with zero attached hydrogens (tertiary/aromatic N) is 1. The van der Waals surface area contributed by atoms with Crippen molar-refractivity contribution in [1.82, 2.24) is 10.3 Å².